The monoisotopic (exact) mass is 319 g/mol. The molecular weight excluding hydrogens is 302 g/mol. The number of nitriles is 1. The van der Waals surface area contributed by atoms with Crippen LogP contribution in [0, 0.1) is 11.3 Å². The van der Waals surface area contributed by atoms with Gasteiger partial charge in [-0.25, -0.2) is 4.98 Å². The molecule has 0 spiro atoms. The highest BCUT2D eigenvalue weighted by Gasteiger charge is 2.20. The molecule has 114 valence electrons. The Hall–Kier alpha value is -2.51. The smallest absolute Gasteiger partial charge is 0.125 e. The second kappa shape index (κ2) is 5.94. The molecule has 0 radical (unpaired) electrons. The van der Waals surface area contributed by atoms with Crippen LogP contribution in [-0.2, 0) is 5.41 Å². The number of benzene rings is 1. The fraction of sp³-hybridized carbons (Fsp3) is 0.211. The fourth-order valence-corrected chi connectivity index (χ4v) is 3.35. The average molecular weight is 319 g/mol. The van der Waals surface area contributed by atoms with Gasteiger partial charge in [0.2, 0.25) is 0 Å². The fourth-order valence-electron chi connectivity index (χ4n) is 2.50. The van der Waals surface area contributed by atoms with E-state index in [4.69, 9.17) is 10.2 Å². The summed E-state index contributed by atoms with van der Waals surface area (Å²) in [4.78, 5) is 9.04. The first kappa shape index (κ1) is 15.4. The first-order chi connectivity index (χ1) is 11.0. The van der Waals surface area contributed by atoms with Gasteiger partial charge >= 0.3 is 0 Å². The first-order valence-corrected chi connectivity index (χ1v) is 8.28. The van der Waals surface area contributed by atoms with Crippen LogP contribution < -0.4 is 0 Å². The van der Waals surface area contributed by atoms with E-state index in [0.717, 1.165) is 21.8 Å². The number of thiazole rings is 1. The highest BCUT2D eigenvalue weighted by Crippen LogP contribution is 2.35. The summed E-state index contributed by atoms with van der Waals surface area (Å²) in [5.74, 6) is 0. The van der Waals surface area contributed by atoms with E-state index in [1.165, 1.54) is 5.56 Å². The van der Waals surface area contributed by atoms with Gasteiger partial charge in [0, 0.05) is 28.9 Å². The van der Waals surface area contributed by atoms with Crippen molar-refractivity contribution in [1.82, 2.24) is 9.97 Å². The molecule has 4 heteroatoms. The zero-order chi connectivity index (χ0) is 16.4. The van der Waals surface area contributed by atoms with E-state index >= 15 is 0 Å². The topological polar surface area (TPSA) is 49.6 Å². The molecule has 0 unspecified atom stereocenters. The third-order valence-corrected chi connectivity index (χ3v) is 4.53. The van der Waals surface area contributed by atoms with Gasteiger partial charge in [0.25, 0.3) is 0 Å². The lowest BCUT2D eigenvalue weighted by Crippen LogP contribution is -2.12. The van der Waals surface area contributed by atoms with Crippen molar-refractivity contribution in [2.24, 2.45) is 0 Å². The Bertz CT molecular complexity index is 882. The second-order valence-corrected chi connectivity index (χ2v) is 7.26. The molecule has 0 aliphatic rings. The van der Waals surface area contributed by atoms with Crippen LogP contribution in [0.5, 0.6) is 0 Å². The van der Waals surface area contributed by atoms with Crippen LogP contribution in [0.3, 0.4) is 0 Å². The molecule has 0 aliphatic carbocycles. The molecule has 0 saturated carbocycles. The van der Waals surface area contributed by atoms with E-state index in [1.54, 1.807) is 17.4 Å². The Morgan fingerprint density at radius 3 is 2.74 bits per heavy atom. The van der Waals surface area contributed by atoms with Gasteiger partial charge in [-0.05, 0) is 29.2 Å². The molecule has 3 nitrogen and oxygen atoms in total. The molecular formula is C19H17N3S. The number of rotatable bonds is 2. The lowest BCUT2D eigenvalue weighted by atomic mass is 9.85. The molecule has 23 heavy (non-hydrogen) atoms. The highest BCUT2D eigenvalue weighted by molar-refractivity contribution is 7.13. The summed E-state index contributed by atoms with van der Waals surface area (Å²) in [6, 6.07) is 11.8. The molecule has 0 bridgehead atoms. The Balaban J connectivity index is 2.05. The van der Waals surface area contributed by atoms with Gasteiger partial charge in [-0.15, -0.1) is 11.3 Å². The third kappa shape index (κ3) is 3.15. The summed E-state index contributed by atoms with van der Waals surface area (Å²) < 4.78 is 0. The highest BCUT2D eigenvalue weighted by atomic mass is 32.1. The van der Waals surface area contributed by atoms with Crippen LogP contribution in [0.2, 0.25) is 0 Å². The summed E-state index contributed by atoms with van der Waals surface area (Å²) in [7, 11) is 0. The van der Waals surface area contributed by atoms with Gasteiger partial charge in [-0.2, -0.15) is 5.26 Å². The van der Waals surface area contributed by atoms with Crippen LogP contribution in [0.1, 0.15) is 31.9 Å². The van der Waals surface area contributed by atoms with Crippen molar-refractivity contribution in [3.05, 3.63) is 59.2 Å². The molecule has 3 aromatic rings. The van der Waals surface area contributed by atoms with E-state index in [2.05, 4.69) is 37.9 Å². The number of pyridine rings is 1. The van der Waals surface area contributed by atoms with Gasteiger partial charge in [-0.1, -0.05) is 32.9 Å². The molecule has 0 amide bonds. The minimum atomic E-state index is 0.0326. The van der Waals surface area contributed by atoms with Gasteiger partial charge in [0.15, 0.2) is 0 Å². The van der Waals surface area contributed by atoms with Crippen molar-refractivity contribution >= 4 is 11.3 Å². The van der Waals surface area contributed by atoms with E-state index in [0.29, 0.717) is 5.56 Å². The maximum atomic E-state index is 9.04. The maximum Gasteiger partial charge on any atom is 0.125 e. The van der Waals surface area contributed by atoms with Crippen LogP contribution in [0.15, 0.2) is 48.1 Å². The van der Waals surface area contributed by atoms with Gasteiger partial charge in [0.05, 0.1) is 17.3 Å². The standard InChI is InChI=1S/C19H17N3S/c1-19(2,3)16-7-8-21-11-15(16)18-22-17(12-23-18)14-6-4-5-13(9-14)10-20/h4-9,11-12H,1-3H3. The molecule has 0 atom stereocenters. The van der Waals surface area contributed by atoms with Crippen LogP contribution >= 0.6 is 11.3 Å². The van der Waals surface area contributed by atoms with Crippen LogP contribution in [-0.4, -0.2) is 9.97 Å². The van der Waals surface area contributed by atoms with Crippen molar-refractivity contribution in [3.8, 4) is 27.9 Å². The van der Waals surface area contributed by atoms with Crippen LogP contribution in [0.25, 0.3) is 21.8 Å². The van der Waals surface area contributed by atoms with Crippen molar-refractivity contribution in [2.45, 2.75) is 26.2 Å². The molecule has 0 aliphatic heterocycles. The first-order valence-electron chi connectivity index (χ1n) is 7.40. The Labute approximate surface area is 140 Å². The lowest BCUT2D eigenvalue weighted by molar-refractivity contribution is 0.591. The van der Waals surface area contributed by atoms with Crippen molar-refractivity contribution in [2.75, 3.05) is 0 Å². The number of hydrogen-bond acceptors (Lipinski definition) is 4. The summed E-state index contributed by atoms with van der Waals surface area (Å²) in [5.41, 5.74) is 4.85. The summed E-state index contributed by atoms with van der Waals surface area (Å²) in [6.45, 7) is 6.57. The van der Waals surface area contributed by atoms with E-state index in [9.17, 15) is 0 Å². The Morgan fingerprint density at radius 1 is 1.17 bits per heavy atom. The van der Waals surface area contributed by atoms with Gasteiger partial charge in [-0.3, -0.25) is 4.98 Å². The maximum absolute atomic E-state index is 9.04. The summed E-state index contributed by atoms with van der Waals surface area (Å²) in [6.07, 6.45) is 3.71. The minimum Gasteiger partial charge on any atom is -0.264 e. The summed E-state index contributed by atoms with van der Waals surface area (Å²) in [5, 5.41) is 12.0. The number of hydrogen-bond donors (Lipinski definition) is 0. The van der Waals surface area contributed by atoms with E-state index < -0.39 is 0 Å². The van der Waals surface area contributed by atoms with E-state index in [1.807, 2.05) is 36.0 Å². The Kier molecular flexibility index (Phi) is 3.97. The largest absolute Gasteiger partial charge is 0.264 e. The summed E-state index contributed by atoms with van der Waals surface area (Å²) >= 11 is 1.61. The molecule has 0 N–H and O–H groups in total. The molecule has 2 heterocycles. The van der Waals surface area contributed by atoms with Crippen molar-refractivity contribution in [3.63, 3.8) is 0 Å². The third-order valence-electron chi connectivity index (χ3n) is 3.65. The normalized spacial score (nSPS) is 11.2. The van der Waals surface area contributed by atoms with Crippen molar-refractivity contribution in [1.29, 1.82) is 5.26 Å². The molecule has 1 aromatic carbocycles. The molecule has 3 rings (SSSR count). The molecule has 0 saturated heterocycles. The minimum absolute atomic E-state index is 0.0326. The lowest BCUT2D eigenvalue weighted by Gasteiger charge is -2.21. The second-order valence-electron chi connectivity index (χ2n) is 6.40. The number of aromatic nitrogens is 2. The zero-order valence-electron chi connectivity index (χ0n) is 13.4. The zero-order valence-corrected chi connectivity index (χ0v) is 14.2. The quantitative estimate of drug-likeness (QED) is 0.664. The Morgan fingerprint density at radius 2 is 2.00 bits per heavy atom. The van der Waals surface area contributed by atoms with Gasteiger partial charge < -0.3 is 0 Å². The predicted octanol–water partition coefficient (Wildman–Crippen LogP) is 5.04. The SMILES string of the molecule is CC(C)(C)c1ccncc1-c1nc(-c2cccc(C#N)c2)cs1. The molecule has 0 fully saturated rings. The number of nitrogens with zero attached hydrogens (tertiary/aromatic N) is 3. The van der Waals surface area contributed by atoms with Gasteiger partial charge in [0.1, 0.15) is 5.01 Å². The average Bonchev–Trinajstić information content (AvgIpc) is 3.04. The van der Waals surface area contributed by atoms with Crippen molar-refractivity contribution < 1.29 is 0 Å². The van der Waals surface area contributed by atoms with E-state index in [-0.39, 0.29) is 5.41 Å². The predicted molar refractivity (Wildman–Crippen MR) is 94.2 cm³/mol. The van der Waals surface area contributed by atoms with Crippen LogP contribution in [0.4, 0.5) is 0 Å². The molecule has 2 aromatic heterocycles.